The second-order valence-corrected chi connectivity index (χ2v) is 4.56. The van der Waals surface area contributed by atoms with Gasteiger partial charge in [-0.15, -0.1) is 0 Å². The highest BCUT2D eigenvalue weighted by molar-refractivity contribution is 5.95. The van der Waals surface area contributed by atoms with Crippen LogP contribution in [0.5, 0.6) is 0 Å². The lowest BCUT2D eigenvalue weighted by atomic mass is 9.99. The summed E-state index contributed by atoms with van der Waals surface area (Å²) in [5, 5.41) is 9.14. The van der Waals surface area contributed by atoms with Crippen molar-refractivity contribution in [1.29, 1.82) is 0 Å². The van der Waals surface area contributed by atoms with Crippen LogP contribution in [-0.4, -0.2) is 47.0 Å². The summed E-state index contributed by atoms with van der Waals surface area (Å²) in [6, 6.07) is 5.38. The standard InChI is InChI=1S/C13H18N2O2/c16-10-11-4-3-7-15(8-11)9-13(17)12-5-1-2-6-14-12/h1-2,5-6,11,16H,3-4,7-10H2. The van der Waals surface area contributed by atoms with Crippen molar-refractivity contribution < 1.29 is 9.90 Å². The Kier molecular flexibility index (Phi) is 4.23. The number of hydrogen-bond acceptors (Lipinski definition) is 4. The zero-order valence-electron chi connectivity index (χ0n) is 9.88. The van der Waals surface area contributed by atoms with Crippen LogP contribution >= 0.6 is 0 Å². The smallest absolute Gasteiger partial charge is 0.195 e. The van der Waals surface area contributed by atoms with Gasteiger partial charge in [0, 0.05) is 19.3 Å². The van der Waals surface area contributed by atoms with Gasteiger partial charge in [0.1, 0.15) is 5.69 Å². The summed E-state index contributed by atoms with van der Waals surface area (Å²) in [6.07, 6.45) is 3.76. The SMILES string of the molecule is O=C(CN1CCCC(CO)C1)c1ccccn1. The molecule has 92 valence electrons. The normalized spacial score (nSPS) is 21.4. The molecular formula is C13H18N2O2. The molecule has 4 nitrogen and oxygen atoms in total. The average Bonchev–Trinajstić information content (AvgIpc) is 2.40. The number of carbonyl (C=O) groups is 1. The van der Waals surface area contributed by atoms with Crippen molar-refractivity contribution >= 4 is 5.78 Å². The molecule has 1 N–H and O–H groups in total. The Morgan fingerprint density at radius 1 is 1.53 bits per heavy atom. The third-order valence-electron chi connectivity index (χ3n) is 3.18. The lowest BCUT2D eigenvalue weighted by molar-refractivity contribution is 0.0829. The number of likely N-dealkylation sites (tertiary alicyclic amines) is 1. The van der Waals surface area contributed by atoms with E-state index < -0.39 is 0 Å². The van der Waals surface area contributed by atoms with Gasteiger partial charge in [-0.3, -0.25) is 14.7 Å². The van der Waals surface area contributed by atoms with Crippen LogP contribution < -0.4 is 0 Å². The first-order chi connectivity index (χ1) is 8.29. The Morgan fingerprint density at radius 3 is 3.12 bits per heavy atom. The van der Waals surface area contributed by atoms with Crippen molar-refractivity contribution in [2.24, 2.45) is 5.92 Å². The van der Waals surface area contributed by atoms with E-state index in [0.717, 1.165) is 25.9 Å². The number of aliphatic hydroxyl groups is 1. The van der Waals surface area contributed by atoms with E-state index in [1.165, 1.54) is 0 Å². The molecule has 0 spiro atoms. The van der Waals surface area contributed by atoms with Crippen LogP contribution in [0.3, 0.4) is 0 Å². The molecule has 0 bridgehead atoms. The molecule has 1 atom stereocenters. The lowest BCUT2D eigenvalue weighted by Crippen LogP contribution is -2.40. The summed E-state index contributed by atoms with van der Waals surface area (Å²) in [7, 11) is 0. The van der Waals surface area contributed by atoms with E-state index >= 15 is 0 Å². The monoisotopic (exact) mass is 234 g/mol. The number of pyridine rings is 1. The molecular weight excluding hydrogens is 216 g/mol. The summed E-state index contributed by atoms with van der Waals surface area (Å²) in [5.41, 5.74) is 0.527. The molecule has 0 aliphatic carbocycles. The molecule has 2 rings (SSSR count). The van der Waals surface area contributed by atoms with Crippen LogP contribution in [0.1, 0.15) is 23.3 Å². The van der Waals surface area contributed by atoms with Crippen LogP contribution in [0.2, 0.25) is 0 Å². The van der Waals surface area contributed by atoms with Crippen LogP contribution in [0.4, 0.5) is 0 Å². The predicted molar refractivity (Wildman–Crippen MR) is 64.8 cm³/mol. The van der Waals surface area contributed by atoms with Crippen LogP contribution in [0, 0.1) is 5.92 Å². The first-order valence-corrected chi connectivity index (χ1v) is 6.07. The van der Waals surface area contributed by atoms with E-state index in [-0.39, 0.29) is 12.4 Å². The van der Waals surface area contributed by atoms with Crippen LogP contribution in [0.15, 0.2) is 24.4 Å². The molecule has 0 radical (unpaired) electrons. The maximum absolute atomic E-state index is 11.9. The number of hydrogen-bond donors (Lipinski definition) is 1. The number of Topliss-reactive ketones (excluding diaryl/α,β-unsaturated/α-hetero) is 1. The highest BCUT2D eigenvalue weighted by atomic mass is 16.3. The molecule has 2 heterocycles. The minimum atomic E-state index is 0.0594. The summed E-state index contributed by atoms with van der Waals surface area (Å²) in [4.78, 5) is 18.1. The molecule has 17 heavy (non-hydrogen) atoms. The number of piperidine rings is 1. The molecule has 0 aromatic carbocycles. The first-order valence-electron chi connectivity index (χ1n) is 6.07. The maximum Gasteiger partial charge on any atom is 0.195 e. The van der Waals surface area contributed by atoms with Gasteiger partial charge in [0.25, 0.3) is 0 Å². The average molecular weight is 234 g/mol. The molecule has 1 fully saturated rings. The van der Waals surface area contributed by atoms with Gasteiger partial charge in [0.05, 0.1) is 6.54 Å². The zero-order chi connectivity index (χ0) is 12.1. The van der Waals surface area contributed by atoms with Gasteiger partial charge < -0.3 is 5.11 Å². The van der Waals surface area contributed by atoms with Gasteiger partial charge in [-0.1, -0.05) is 6.07 Å². The highest BCUT2D eigenvalue weighted by Gasteiger charge is 2.21. The fraction of sp³-hybridized carbons (Fsp3) is 0.538. The van der Waals surface area contributed by atoms with Gasteiger partial charge >= 0.3 is 0 Å². The third-order valence-corrected chi connectivity index (χ3v) is 3.18. The van der Waals surface area contributed by atoms with E-state index in [1.54, 1.807) is 18.3 Å². The minimum absolute atomic E-state index is 0.0594. The summed E-state index contributed by atoms with van der Waals surface area (Å²) >= 11 is 0. The molecule has 1 aromatic rings. The van der Waals surface area contributed by atoms with Crippen molar-refractivity contribution in [3.8, 4) is 0 Å². The van der Waals surface area contributed by atoms with Gasteiger partial charge in [0.2, 0.25) is 0 Å². The van der Waals surface area contributed by atoms with E-state index in [4.69, 9.17) is 5.11 Å². The number of nitrogens with zero attached hydrogens (tertiary/aromatic N) is 2. The Hall–Kier alpha value is -1.26. The van der Waals surface area contributed by atoms with E-state index in [2.05, 4.69) is 9.88 Å². The Morgan fingerprint density at radius 2 is 2.41 bits per heavy atom. The summed E-state index contributed by atoms with van der Waals surface area (Å²) in [5.74, 6) is 0.379. The molecule has 1 saturated heterocycles. The van der Waals surface area contributed by atoms with Crippen molar-refractivity contribution in [1.82, 2.24) is 9.88 Å². The number of aliphatic hydroxyl groups excluding tert-OH is 1. The number of aromatic nitrogens is 1. The second kappa shape index (κ2) is 5.89. The summed E-state index contributed by atoms with van der Waals surface area (Å²) in [6.45, 7) is 2.38. The van der Waals surface area contributed by atoms with Gasteiger partial charge in [-0.25, -0.2) is 0 Å². The Bertz CT molecular complexity index is 367. The van der Waals surface area contributed by atoms with Gasteiger partial charge in [0.15, 0.2) is 5.78 Å². The Labute approximate surface area is 101 Å². The Balaban J connectivity index is 1.90. The van der Waals surface area contributed by atoms with E-state index in [0.29, 0.717) is 18.2 Å². The molecule has 0 amide bonds. The van der Waals surface area contributed by atoms with Crippen molar-refractivity contribution in [2.45, 2.75) is 12.8 Å². The van der Waals surface area contributed by atoms with Crippen molar-refractivity contribution in [2.75, 3.05) is 26.2 Å². The van der Waals surface area contributed by atoms with Gasteiger partial charge in [-0.2, -0.15) is 0 Å². The number of rotatable bonds is 4. The minimum Gasteiger partial charge on any atom is -0.396 e. The van der Waals surface area contributed by atoms with Gasteiger partial charge in [-0.05, 0) is 37.4 Å². The molecule has 4 heteroatoms. The van der Waals surface area contributed by atoms with Crippen molar-refractivity contribution in [3.05, 3.63) is 30.1 Å². The second-order valence-electron chi connectivity index (χ2n) is 4.56. The molecule has 1 aliphatic rings. The largest absolute Gasteiger partial charge is 0.396 e. The molecule has 1 aliphatic heterocycles. The summed E-state index contributed by atoms with van der Waals surface area (Å²) < 4.78 is 0. The molecule has 1 aromatic heterocycles. The highest BCUT2D eigenvalue weighted by Crippen LogP contribution is 2.15. The van der Waals surface area contributed by atoms with E-state index in [1.807, 2.05) is 6.07 Å². The zero-order valence-corrected chi connectivity index (χ0v) is 9.88. The molecule has 0 saturated carbocycles. The lowest BCUT2D eigenvalue weighted by Gasteiger charge is -2.30. The molecule has 1 unspecified atom stereocenters. The quantitative estimate of drug-likeness (QED) is 0.789. The topological polar surface area (TPSA) is 53.4 Å². The van der Waals surface area contributed by atoms with Crippen LogP contribution in [-0.2, 0) is 0 Å². The first kappa shape index (κ1) is 12.2. The number of carbonyl (C=O) groups excluding carboxylic acids is 1. The fourth-order valence-electron chi connectivity index (χ4n) is 2.26. The number of ketones is 1. The maximum atomic E-state index is 11.9. The van der Waals surface area contributed by atoms with Crippen LogP contribution in [0.25, 0.3) is 0 Å². The predicted octanol–water partition coefficient (Wildman–Crippen LogP) is 0.969. The van der Waals surface area contributed by atoms with Crippen molar-refractivity contribution in [3.63, 3.8) is 0 Å². The fourth-order valence-corrected chi connectivity index (χ4v) is 2.26. The third kappa shape index (κ3) is 3.35. The van der Waals surface area contributed by atoms with E-state index in [9.17, 15) is 4.79 Å².